The van der Waals surface area contributed by atoms with E-state index in [1.807, 2.05) is 18.7 Å². The lowest BCUT2D eigenvalue weighted by atomic mass is 9.97. The molecule has 36 heavy (non-hydrogen) atoms. The first-order chi connectivity index (χ1) is 16.9. The Labute approximate surface area is 208 Å². The van der Waals surface area contributed by atoms with Crippen LogP contribution in [0.25, 0.3) is 11.3 Å². The Morgan fingerprint density at radius 2 is 1.86 bits per heavy atom. The van der Waals surface area contributed by atoms with Crippen LogP contribution in [0, 0.1) is 5.92 Å². The summed E-state index contributed by atoms with van der Waals surface area (Å²) in [5.41, 5.74) is 6.37. The van der Waals surface area contributed by atoms with E-state index < -0.39 is 22.4 Å². The van der Waals surface area contributed by atoms with Crippen molar-refractivity contribution in [3.8, 4) is 11.3 Å². The van der Waals surface area contributed by atoms with E-state index in [-0.39, 0.29) is 27.4 Å². The molecule has 0 saturated carbocycles. The van der Waals surface area contributed by atoms with Crippen LogP contribution in [0.1, 0.15) is 49.5 Å². The van der Waals surface area contributed by atoms with Gasteiger partial charge in [-0.25, -0.2) is 31.9 Å². The number of carbonyl (C=O) groups excluding carboxylic acids is 1. The number of aromatic nitrogens is 2. The number of halogens is 2. The van der Waals surface area contributed by atoms with E-state index in [1.54, 1.807) is 18.2 Å². The lowest BCUT2D eigenvalue weighted by molar-refractivity contribution is 0.0981. The SMILES string of the molecule is C[C@@H]1CN(c2nc(-c3ccc(C(F)F)cc3)ccc2C(=O)NS(=O)(=O)c2cccnc2N)C(C)(C)C1. The van der Waals surface area contributed by atoms with Gasteiger partial charge in [-0.15, -0.1) is 0 Å². The molecule has 3 N–H and O–H groups in total. The number of nitrogens with zero attached hydrogens (tertiary/aromatic N) is 3. The molecule has 1 fully saturated rings. The standard InChI is InChI=1S/C25H27F2N5O3S/c1-15-13-25(2,3)32(14-15)23-18(24(33)31-36(34,35)20-5-4-12-29-22(20)28)10-11-19(30-23)16-6-8-17(9-7-16)21(26)27/h4-12,15,21H,13-14H2,1-3H3,(H2,28,29)(H,31,33)/t15-/m0/s1. The van der Waals surface area contributed by atoms with Gasteiger partial charge in [0, 0.05) is 29.4 Å². The highest BCUT2D eigenvalue weighted by molar-refractivity contribution is 7.90. The molecule has 190 valence electrons. The van der Waals surface area contributed by atoms with Gasteiger partial charge in [-0.05, 0) is 50.5 Å². The Hall–Kier alpha value is -3.60. The van der Waals surface area contributed by atoms with E-state index in [1.165, 1.54) is 36.5 Å². The van der Waals surface area contributed by atoms with Crippen LogP contribution >= 0.6 is 0 Å². The van der Waals surface area contributed by atoms with Gasteiger partial charge < -0.3 is 10.6 Å². The second-order valence-corrected chi connectivity index (χ2v) is 11.2. The zero-order valence-electron chi connectivity index (χ0n) is 20.1. The summed E-state index contributed by atoms with van der Waals surface area (Å²) in [6.45, 7) is 6.74. The van der Waals surface area contributed by atoms with Gasteiger partial charge in [0.2, 0.25) is 0 Å². The lowest BCUT2D eigenvalue weighted by Crippen LogP contribution is -2.41. The lowest BCUT2D eigenvalue weighted by Gasteiger charge is -2.34. The van der Waals surface area contributed by atoms with E-state index in [0.717, 1.165) is 6.42 Å². The Morgan fingerprint density at radius 1 is 1.17 bits per heavy atom. The fourth-order valence-electron chi connectivity index (χ4n) is 4.61. The van der Waals surface area contributed by atoms with Gasteiger partial charge in [-0.1, -0.05) is 31.2 Å². The monoisotopic (exact) mass is 515 g/mol. The molecule has 4 rings (SSSR count). The van der Waals surface area contributed by atoms with E-state index in [2.05, 4.69) is 16.6 Å². The average molecular weight is 516 g/mol. The fourth-order valence-corrected chi connectivity index (χ4v) is 5.66. The molecular formula is C25H27F2N5O3S. The number of anilines is 2. The summed E-state index contributed by atoms with van der Waals surface area (Å²) in [5, 5.41) is 0. The average Bonchev–Trinajstić information content (AvgIpc) is 3.10. The number of hydrogen-bond donors (Lipinski definition) is 2. The first-order valence-corrected chi connectivity index (χ1v) is 12.8. The molecule has 0 radical (unpaired) electrons. The van der Waals surface area contributed by atoms with E-state index in [4.69, 9.17) is 10.7 Å². The summed E-state index contributed by atoms with van der Waals surface area (Å²) in [7, 11) is -4.30. The van der Waals surface area contributed by atoms with Crippen molar-refractivity contribution in [2.45, 2.75) is 44.1 Å². The molecule has 0 bridgehead atoms. The van der Waals surface area contributed by atoms with Crippen LogP contribution < -0.4 is 15.4 Å². The van der Waals surface area contributed by atoms with Crippen LogP contribution in [-0.2, 0) is 10.0 Å². The van der Waals surface area contributed by atoms with Crippen molar-refractivity contribution in [2.75, 3.05) is 17.2 Å². The molecule has 2 aromatic heterocycles. The number of alkyl halides is 2. The number of pyridine rings is 2. The number of benzene rings is 1. The first kappa shape index (κ1) is 25.5. The van der Waals surface area contributed by atoms with Crippen molar-refractivity contribution in [1.29, 1.82) is 0 Å². The molecule has 0 unspecified atom stereocenters. The van der Waals surface area contributed by atoms with Gasteiger partial charge in [0.1, 0.15) is 16.5 Å². The number of nitrogens with two attached hydrogens (primary N) is 1. The minimum absolute atomic E-state index is 0.0659. The van der Waals surface area contributed by atoms with Crippen LogP contribution in [0.15, 0.2) is 59.6 Å². The zero-order valence-corrected chi connectivity index (χ0v) is 20.9. The third kappa shape index (κ3) is 5.01. The first-order valence-electron chi connectivity index (χ1n) is 11.3. The summed E-state index contributed by atoms with van der Waals surface area (Å²) < 4.78 is 53.8. The van der Waals surface area contributed by atoms with Crippen molar-refractivity contribution >= 4 is 27.6 Å². The number of hydrogen-bond acceptors (Lipinski definition) is 7. The third-order valence-corrected chi connectivity index (χ3v) is 7.60. The number of nitrogen functional groups attached to an aromatic ring is 1. The minimum atomic E-state index is -4.30. The quantitative estimate of drug-likeness (QED) is 0.499. The normalized spacial score (nSPS) is 17.4. The van der Waals surface area contributed by atoms with Crippen molar-refractivity contribution in [2.24, 2.45) is 5.92 Å². The van der Waals surface area contributed by atoms with Crippen molar-refractivity contribution in [3.63, 3.8) is 0 Å². The topological polar surface area (TPSA) is 118 Å². The van der Waals surface area contributed by atoms with Gasteiger partial charge in [0.05, 0.1) is 11.3 Å². The maximum absolute atomic E-state index is 13.3. The largest absolute Gasteiger partial charge is 0.383 e. The summed E-state index contributed by atoms with van der Waals surface area (Å²) in [4.78, 5) is 23.4. The highest BCUT2D eigenvalue weighted by Gasteiger charge is 2.39. The van der Waals surface area contributed by atoms with Gasteiger partial charge in [-0.2, -0.15) is 0 Å². The minimum Gasteiger partial charge on any atom is -0.383 e. The van der Waals surface area contributed by atoms with Gasteiger partial charge in [-0.3, -0.25) is 4.79 Å². The van der Waals surface area contributed by atoms with E-state index >= 15 is 0 Å². The van der Waals surface area contributed by atoms with Gasteiger partial charge in [0.25, 0.3) is 22.4 Å². The molecule has 1 aliphatic heterocycles. The second-order valence-electron chi connectivity index (χ2n) is 9.54. The zero-order chi connectivity index (χ0) is 26.3. The Morgan fingerprint density at radius 3 is 2.44 bits per heavy atom. The van der Waals surface area contributed by atoms with Crippen LogP contribution in [0.2, 0.25) is 0 Å². The van der Waals surface area contributed by atoms with Crippen LogP contribution in [-0.4, -0.2) is 36.4 Å². The Bertz CT molecular complexity index is 1400. The van der Waals surface area contributed by atoms with E-state index in [9.17, 15) is 22.0 Å². The number of amides is 1. The predicted octanol–water partition coefficient (Wildman–Crippen LogP) is 4.41. The molecule has 1 aromatic carbocycles. The van der Waals surface area contributed by atoms with Crippen molar-refractivity contribution in [1.82, 2.24) is 14.7 Å². The van der Waals surface area contributed by atoms with Crippen LogP contribution in [0.4, 0.5) is 20.4 Å². The molecule has 1 saturated heterocycles. The van der Waals surface area contributed by atoms with Gasteiger partial charge in [0.15, 0.2) is 0 Å². The van der Waals surface area contributed by atoms with Crippen LogP contribution in [0.3, 0.4) is 0 Å². The highest BCUT2D eigenvalue weighted by Crippen LogP contribution is 2.38. The molecule has 1 atom stereocenters. The predicted molar refractivity (Wildman–Crippen MR) is 133 cm³/mol. The molecule has 1 amide bonds. The van der Waals surface area contributed by atoms with Crippen molar-refractivity contribution < 1.29 is 22.0 Å². The fraction of sp³-hybridized carbons (Fsp3) is 0.320. The van der Waals surface area contributed by atoms with Crippen molar-refractivity contribution in [3.05, 3.63) is 65.9 Å². The number of nitrogens with one attached hydrogen (secondary N) is 1. The molecule has 0 spiro atoms. The molecule has 0 aliphatic carbocycles. The Kier molecular flexibility index (Phi) is 6.70. The van der Waals surface area contributed by atoms with Crippen LogP contribution in [0.5, 0.6) is 0 Å². The number of carbonyl (C=O) groups is 1. The maximum Gasteiger partial charge on any atom is 0.268 e. The summed E-state index contributed by atoms with van der Waals surface area (Å²) in [6.07, 6.45) is -0.397. The molecule has 3 heterocycles. The second kappa shape index (κ2) is 9.45. The number of rotatable bonds is 6. The molecule has 11 heteroatoms. The third-order valence-electron chi connectivity index (χ3n) is 6.22. The van der Waals surface area contributed by atoms with E-state index in [0.29, 0.717) is 29.5 Å². The molecule has 8 nitrogen and oxygen atoms in total. The Balaban J connectivity index is 1.76. The number of sulfonamides is 1. The molecule has 1 aliphatic rings. The summed E-state index contributed by atoms with van der Waals surface area (Å²) in [6, 6.07) is 11.5. The maximum atomic E-state index is 13.3. The summed E-state index contributed by atoms with van der Waals surface area (Å²) >= 11 is 0. The molecular weight excluding hydrogens is 488 g/mol. The highest BCUT2D eigenvalue weighted by atomic mass is 32.2. The van der Waals surface area contributed by atoms with Gasteiger partial charge >= 0.3 is 0 Å². The molecule has 3 aromatic rings. The smallest absolute Gasteiger partial charge is 0.268 e. The summed E-state index contributed by atoms with van der Waals surface area (Å²) in [5.74, 6) is -0.471.